The fraction of sp³-hybridized carbons (Fsp3) is 0.909. The van der Waals surface area contributed by atoms with Gasteiger partial charge in [0.05, 0.1) is 0 Å². The van der Waals surface area contributed by atoms with Crippen LogP contribution in [-0.2, 0) is 0 Å². The summed E-state index contributed by atoms with van der Waals surface area (Å²) in [5.74, 6) is 6.55. The lowest BCUT2D eigenvalue weighted by Gasteiger charge is -2.27. The summed E-state index contributed by atoms with van der Waals surface area (Å²) >= 11 is 0. The smallest absolute Gasteiger partial charge is 0.312 e. The van der Waals surface area contributed by atoms with Crippen molar-refractivity contribution < 1.29 is 0 Å². The Hall–Kier alpha value is -0.415. The van der Waals surface area contributed by atoms with Crippen molar-refractivity contribution in [2.45, 2.75) is 130 Å². The molecule has 0 rings (SSSR count). The first kappa shape index (κ1) is 23.6. The number of rotatable bonds is 15. The van der Waals surface area contributed by atoms with Crippen molar-refractivity contribution in [2.75, 3.05) is 0 Å². The second-order valence-corrected chi connectivity index (χ2v) is 7.72. The zero-order valence-corrected chi connectivity index (χ0v) is 17.4. The van der Waals surface area contributed by atoms with E-state index >= 15 is 0 Å². The molecule has 0 heterocycles. The van der Waals surface area contributed by atoms with Crippen molar-refractivity contribution in [3.63, 3.8) is 0 Å². The minimum Gasteiger partial charge on any atom is -0.330 e. The van der Waals surface area contributed by atoms with Crippen LogP contribution in [0.1, 0.15) is 118 Å². The van der Waals surface area contributed by atoms with E-state index in [1.807, 2.05) is 0 Å². The highest BCUT2D eigenvalue weighted by Gasteiger charge is 2.12. The van der Waals surface area contributed by atoms with Crippen LogP contribution in [0.2, 0.25) is 0 Å². The van der Waals surface area contributed by atoms with Gasteiger partial charge >= 0.3 is 7.41 Å². The summed E-state index contributed by atoms with van der Waals surface area (Å²) in [6, 6.07) is 1.07. The molecule has 0 saturated heterocycles. The van der Waals surface area contributed by atoms with Gasteiger partial charge < -0.3 is 4.81 Å². The quantitative estimate of drug-likeness (QED) is 0.181. The van der Waals surface area contributed by atoms with E-state index in [2.05, 4.69) is 58.6 Å². The summed E-state index contributed by atoms with van der Waals surface area (Å²) in [6.45, 7) is 11.2. The van der Waals surface area contributed by atoms with E-state index < -0.39 is 0 Å². The van der Waals surface area contributed by atoms with Crippen LogP contribution < -0.4 is 0 Å². The SMILES string of the molecule is CCCCCCCCCCCCCCC#C[B]N(C(C)C)C(C)C. The molecule has 0 spiro atoms. The average Bonchev–Trinajstić information content (AvgIpc) is 2.53. The summed E-state index contributed by atoms with van der Waals surface area (Å²) in [6.07, 6.45) is 17.9. The molecule has 0 aromatic carbocycles. The maximum absolute atomic E-state index is 3.31. The van der Waals surface area contributed by atoms with Crippen LogP contribution in [0.5, 0.6) is 0 Å². The standard InChI is InChI=1S/C22H43BN/c1-6-7-8-9-10-11-12-13-14-15-16-17-18-19-20-23-24(21(2)3)22(4)5/h21-22H,6-18H2,1-5H3. The van der Waals surface area contributed by atoms with Gasteiger partial charge in [-0.15, -0.1) is 11.7 Å². The second kappa shape index (κ2) is 17.4. The van der Waals surface area contributed by atoms with Crippen LogP contribution in [0.3, 0.4) is 0 Å². The van der Waals surface area contributed by atoms with E-state index in [0.29, 0.717) is 12.1 Å². The molecule has 0 bridgehead atoms. The Bertz CT molecular complexity index is 306. The summed E-state index contributed by atoms with van der Waals surface area (Å²) in [5.41, 5.74) is 0. The van der Waals surface area contributed by atoms with Crippen LogP contribution in [0.15, 0.2) is 0 Å². The van der Waals surface area contributed by atoms with Gasteiger partial charge in [-0.2, -0.15) is 0 Å². The lowest BCUT2D eigenvalue weighted by molar-refractivity contribution is 0.315. The van der Waals surface area contributed by atoms with Crippen molar-refractivity contribution in [3.05, 3.63) is 0 Å². The van der Waals surface area contributed by atoms with Crippen LogP contribution >= 0.6 is 0 Å². The first-order valence-electron chi connectivity index (χ1n) is 10.7. The average molecular weight is 332 g/mol. The van der Waals surface area contributed by atoms with Gasteiger partial charge in [0.15, 0.2) is 0 Å². The third-order valence-corrected chi connectivity index (χ3v) is 4.66. The van der Waals surface area contributed by atoms with Crippen molar-refractivity contribution in [1.82, 2.24) is 4.81 Å². The zero-order valence-electron chi connectivity index (χ0n) is 17.4. The zero-order chi connectivity index (χ0) is 18.0. The van der Waals surface area contributed by atoms with Crippen molar-refractivity contribution in [1.29, 1.82) is 0 Å². The Kier molecular flexibility index (Phi) is 17.1. The Morgan fingerprint density at radius 3 is 1.50 bits per heavy atom. The van der Waals surface area contributed by atoms with Crippen LogP contribution in [0.25, 0.3) is 0 Å². The summed E-state index contributed by atoms with van der Waals surface area (Å²) in [5, 5.41) is 0. The monoisotopic (exact) mass is 332 g/mol. The molecule has 0 aromatic heterocycles. The highest BCUT2D eigenvalue weighted by atomic mass is 15.1. The molecular weight excluding hydrogens is 289 g/mol. The van der Waals surface area contributed by atoms with Crippen LogP contribution in [-0.4, -0.2) is 24.3 Å². The van der Waals surface area contributed by atoms with E-state index in [1.165, 1.54) is 77.0 Å². The van der Waals surface area contributed by atoms with Gasteiger partial charge in [-0.1, -0.05) is 105 Å². The summed E-state index contributed by atoms with van der Waals surface area (Å²) in [7, 11) is 2.08. The van der Waals surface area contributed by atoms with Gasteiger partial charge in [0.1, 0.15) is 0 Å². The molecule has 0 aliphatic rings. The number of unbranched alkanes of at least 4 members (excludes halogenated alkanes) is 12. The van der Waals surface area contributed by atoms with Crippen molar-refractivity contribution in [2.24, 2.45) is 0 Å². The molecule has 1 nitrogen and oxygen atoms in total. The van der Waals surface area contributed by atoms with E-state index in [0.717, 1.165) is 6.42 Å². The predicted octanol–water partition coefficient (Wildman–Crippen LogP) is 6.78. The molecule has 0 atom stereocenters. The van der Waals surface area contributed by atoms with Gasteiger partial charge in [0.25, 0.3) is 0 Å². The molecule has 139 valence electrons. The predicted molar refractivity (Wildman–Crippen MR) is 111 cm³/mol. The Morgan fingerprint density at radius 1 is 0.667 bits per heavy atom. The van der Waals surface area contributed by atoms with Gasteiger partial charge in [-0.3, -0.25) is 0 Å². The van der Waals surface area contributed by atoms with Gasteiger partial charge in [-0.25, -0.2) is 0 Å². The fourth-order valence-electron chi connectivity index (χ4n) is 3.14. The van der Waals surface area contributed by atoms with Gasteiger partial charge in [0.2, 0.25) is 0 Å². The second-order valence-electron chi connectivity index (χ2n) is 7.72. The van der Waals surface area contributed by atoms with E-state index in [-0.39, 0.29) is 0 Å². The highest BCUT2D eigenvalue weighted by Crippen LogP contribution is 2.12. The molecule has 2 heteroatoms. The largest absolute Gasteiger partial charge is 0.330 e. The fourth-order valence-corrected chi connectivity index (χ4v) is 3.14. The van der Waals surface area contributed by atoms with E-state index in [9.17, 15) is 0 Å². The van der Waals surface area contributed by atoms with Gasteiger partial charge in [0, 0.05) is 6.42 Å². The minimum atomic E-state index is 0.533. The van der Waals surface area contributed by atoms with Crippen LogP contribution in [0.4, 0.5) is 0 Å². The number of hydrogen-bond acceptors (Lipinski definition) is 1. The van der Waals surface area contributed by atoms with Crippen molar-refractivity contribution >= 4 is 7.41 Å². The Morgan fingerprint density at radius 2 is 1.08 bits per heavy atom. The third kappa shape index (κ3) is 15.1. The number of hydrogen-bond donors (Lipinski definition) is 0. The Labute approximate surface area is 154 Å². The molecule has 0 saturated carbocycles. The maximum atomic E-state index is 3.31. The van der Waals surface area contributed by atoms with E-state index in [1.54, 1.807) is 0 Å². The molecule has 0 fully saturated rings. The number of nitrogens with zero attached hydrogens (tertiary/aromatic N) is 1. The lowest BCUT2D eigenvalue weighted by Crippen LogP contribution is -2.39. The molecular formula is C22H43BN. The molecule has 0 aliphatic heterocycles. The molecule has 0 aromatic rings. The highest BCUT2D eigenvalue weighted by molar-refractivity contribution is 6.43. The first-order valence-corrected chi connectivity index (χ1v) is 10.7. The van der Waals surface area contributed by atoms with E-state index in [4.69, 9.17) is 0 Å². The molecule has 0 unspecified atom stereocenters. The minimum absolute atomic E-state index is 0.533. The normalized spacial score (nSPS) is 11.2. The maximum Gasteiger partial charge on any atom is 0.312 e. The topological polar surface area (TPSA) is 3.24 Å². The molecule has 24 heavy (non-hydrogen) atoms. The molecule has 1 radical (unpaired) electrons. The first-order chi connectivity index (χ1) is 11.6. The molecule has 0 aliphatic carbocycles. The molecule has 0 N–H and O–H groups in total. The van der Waals surface area contributed by atoms with Gasteiger partial charge in [-0.05, 0) is 18.5 Å². The third-order valence-electron chi connectivity index (χ3n) is 4.66. The summed E-state index contributed by atoms with van der Waals surface area (Å²) < 4.78 is 0. The van der Waals surface area contributed by atoms with Crippen molar-refractivity contribution in [3.8, 4) is 11.7 Å². The lowest BCUT2D eigenvalue weighted by atomic mass is 9.88. The van der Waals surface area contributed by atoms with Crippen LogP contribution in [0, 0.1) is 11.7 Å². The molecule has 0 amide bonds. The Balaban J connectivity index is 3.35. The summed E-state index contributed by atoms with van der Waals surface area (Å²) in [4.78, 5) is 2.33.